The van der Waals surface area contributed by atoms with Crippen LogP contribution in [0.25, 0.3) is 27.7 Å². The van der Waals surface area contributed by atoms with Crippen LogP contribution in [0, 0.1) is 5.41 Å². The highest BCUT2D eigenvalue weighted by atomic mass is 16.5. The molecular weight excluding hydrogens is 366 g/mol. The van der Waals surface area contributed by atoms with E-state index >= 15 is 0 Å². The second-order valence-electron chi connectivity index (χ2n) is 7.29. The van der Waals surface area contributed by atoms with E-state index in [4.69, 9.17) is 9.47 Å². The van der Waals surface area contributed by atoms with Gasteiger partial charge >= 0.3 is 11.9 Å². The van der Waals surface area contributed by atoms with Crippen LogP contribution in [-0.4, -0.2) is 31.1 Å². The Kier molecular flexibility index (Phi) is 4.97. The van der Waals surface area contributed by atoms with E-state index in [1.807, 2.05) is 36.4 Å². The number of hydrogen-bond acceptors (Lipinski definition) is 4. The van der Waals surface area contributed by atoms with E-state index in [2.05, 4.69) is 29.2 Å². The predicted molar refractivity (Wildman–Crippen MR) is 112 cm³/mol. The number of hydrogen-bond donors (Lipinski definition) is 1. The van der Waals surface area contributed by atoms with Gasteiger partial charge in [-0.2, -0.15) is 0 Å². The lowest BCUT2D eigenvalue weighted by Crippen LogP contribution is -2.42. The van der Waals surface area contributed by atoms with Gasteiger partial charge < -0.3 is 14.5 Å². The maximum atomic E-state index is 12.4. The predicted octanol–water partition coefficient (Wildman–Crippen LogP) is 4.73. The standard InChI is InChI=1S/C24H23NO4/c1-28-22(26)24(23(27)29-2)14-12-16(13-15-24)20-18-10-6-7-11-19(18)25-21(20)17-8-4-3-5-9-17/h3-12,25H,13-15H2,1-2H3. The van der Waals surface area contributed by atoms with Crippen LogP contribution in [0.3, 0.4) is 0 Å². The van der Waals surface area contributed by atoms with Crippen LogP contribution in [0.1, 0.15) is 24.8 Å². The molecule has 1 aliphatic carbocycles. The quantitative estimate of drug-likeness (QED) is 0.517. The molecule has 5 heteroatoms. The SMILES string of the molecule is COC(=O)C1(C(=O)OC)CC=C(c2c(-c3ccccc3)[nH]c3ccccc23)CC1. The lowest BCUT2D eigenvalue weighted by atomic mass is 9.73. The van der Waals surface area contributed by atoms with Gasteiger partial charge in [-0.1, -0.05) is 54.6 Å². The Morgan fingerprint density at radius 1 is 0.931 bits per heavy atom. The fourth-order valence-electron chi connectivity index (χ4n) is 4.22. The molecule has 3 aromatic rings. The summed E-state index contributed by atoms with van der Waals surface area (Å²) in [5.41, 5.74) is 4.16. The number of carbonyl (C=O) groups excluding carboxylic acids is 2. The third-order valence-corrected chi connectivity index (χ3v) is 5.76. The molecule has 4 rings (SSSR count). The van der Waals surface area contributed by atoms with Crippen molar-refractivity contribution in [1.82, 2.24) is 4.98 Å². The van der Waals surface area contributed by atoms with E-state index < -0.39 is 17.4 Å². The van der Waals surface area contributed by atoms with Gasteiger partial charge in [0, 0.05) is 16.5 Å². The summed E-state index contributed by atoms with van der Waals surface area (Å²) >= 11 is 0. The number of benzene rings is 2. The molecule has 0 unspecified atom stereocenters. The maximum Gasteiger partial charge on any atom is 0.323 e. The van der Waals surface area contributed by atoms with Crippen molar-refractivity contribution in [3.63, 3.8) is 0 Å². The number of allylic oxidation sites excluding steroid dienone is 2. The van der Waals surface area contributed by atoms with E-state index in [1.54, 1.807) is 0 Å². The summed E-state index contributed by atoms with van der Waals surface area (Å²) in [6.45, 7) is 0. The van der Waals surface area contributed by atoms with E-state index in [1.165, 1.54) is 14.2 Å². The van der Waals surface area contributed by atoms with Crippen molar-refractivity contribution in [3.05, 3.63) is 66.2 Å². The molecule has 0 bridgehead atoms. The summed E-state index contributed by atoms with van der Waals surface area (Å²) in [5, 5.41) is 1.13. The second kappa shape index (κ2) is 7.59. The van der Waals surface area contributed by atoms with E-state index in [0.717, 1.165) is 33.3 Å². The van der Waals surface area contributed by atoms with Crippen molar-refractivity contribution in [2.75, 3.05) is 14.2 Å². The van der Waals surface area contributed by atoms with Crippen molar-refractivity contribution < 1.29 is 19.1 Å². The molecule has 1 N–H and O–H groups in total. The monoisotopic (exact) mass is 389 g/mol. The molecule has 1 aliphatic rings. The highest BCUT2D eigenvalue weighted by Gasteiger charge is 2.49. The Morgan fingerprint density at radius 2 is 1.59 bits per heavy atom. The lowest BCUT2D eigenvalue weighted by molar-refractivity contribution is -0.169. The summed E-state index contributed by atoms with van der Waals surface area (Å²) in [5.74, 6) is -1.08. The van der Waals surface area contributed by atoms with Gasteiger partial charge in [0.1, 0.15) is 0 Å². The van der Waals surface area contributed by atoms with Crippen molar-refractivity contribution in [3.8, 4) is 11.3 Å². The molecule has 2 aromatic carbocycles. The summed E-state index contributed by atoms with van der Waals surface area (Å²) in [6, 6.07) is 18.3. The van der Waals surface area contributed by atoms with Gasteiger partial charge in [0.2, 0.25) is 0 Å². The number of methoxy groups -OCH3 is 2. The molecule has 0 spiro atoms. The molecule has 1 aromatic heterocycles. The molecule has 29 heavy (non-hydrogen) atoms. The van der Waals surface area contributed by atoms with Crippen molar-refractivity contribution >= 4 is 28.4 Å². The number of rotatable bonds is 4. The Labute approximate surface area is 169 Å². The van der Waals surface area contributed by atoms with Crippen LogP contribution in [0.15, 0.2) is 60.7 Å². The minimum atomic E-state index is -1.27. The Bertz CT molecular complexity index is 1080. The number of fused-ring (bicyclic) bond motifs is 1. The molecular formula is C24H23NO4. The summed E-state index contributed by atoms with van der Waals surface area (Å²) in [4.78, 5) is 28.4. The first-order chi connectivity index (χ1) is 14.1. The number of carbonyl (C=O) groups is 2. The first-order valence-electron chi connectivity index (χ1n) is 9.63. The number of ether oxygens (including phenoxy) is 2. The molecule has 0 amide bonds. The van der Waals surface area contributed by atoms with Gasteiger partial charge in [0.15, 0.2) is 5.41 Å². The van der Waals surface area contributed by atoms with Gasteiger partial charge in [-0.15, -0.1) is 0 Å². The number of aromatic amines is 1. The summed E-state index contributed by atoms with van der Waals surface area (Å²) < 4.78 is 9.86. The molecule has 0 atom stereocenters. The molecule has 0 saturated heterocycles. The van der Waals surface area contributed by atoms with Crippen LogP contribution in [0.5, 0.6) is 0 Å². The van der Waals surface area contributed by atoms with Gasteiger partial charge in [0.05, 0.1) is 19.9 Å². The molecule has 5 nitrogen and oxygen atoms in total. The maximum absolute atomic E-state index is 12.4. The molecule has 0 saturated carbocycles. The fraction of sp³-hybridized carbons (Fsp3) is 0.250. The Hall–Kier alpha value is -3.34. The topological polar surface area (TPSA) is 68.4 Å². The van der Waals surface area contributed by atoms with Crippen molar-refractivity contribution in [2.45, 2.75) is 19.3 Å². The van der Waals surface area contributed by atoms with Crippen LogP contribution in [0.4, 0.5) is 0 Å². The minimum absolute atomic E-state index is 0.259. The zero-order chi connectivity index (χ0) is 20.4. The van der Waals surface area contributed by atoms with Crippen LogP contribution in [0.2, 0.25) is 0 Å². The third kappa shape index (κ3) is 3.12. The lowest BCUT2D eigenvalue weighted by Gasteiger charge is -2.31. The number of aromatic nitrogens is 1. The van der Waals surface area contributed by atoms with Crippen molar-refractivity contribution in [2.24, 2.45) is 5.41 Å². The van der Waals surface area contributed by atoms with Gasteiger partial charge in [-0.25, -0.2) is 0 Å². The van der Waals surface area contributed by atoms with E-state index in [0.29, 0.717) is 12.8 Å². The zero-order valence-corrected chi connectivity index (χ0v) is 16.5. The molecule has 0 fully saturated rings. The smallest absolute Gasteiger partial charge is 0.323 e. The zero-order valence-electron chi connectivity index (χ0n) is 16.5. The summed E-state index contributed by atoms with van der Waals surface area (Å²) in [7, 11) is 2.61. The molecule has 0 radical (unpaired) electrons. The molecule has 0 aliphatic heterocycles. The van der Waals surface area contributed by atoms with Crippen LogP contribution in [-0.2, 0) is 19.1 Å². The minimum Gasteiger partial charge on any atom is -0.468 e. The fourth-order valence-corrected chi connectivity index (χ4v) is 4.22. The highest BCUT2D eigenvalue weighted by Crippen LogP contribution is 2.44. The summed E-state index contributed by atoms with van der Waals surface area (Å²) in [6.07, 6.45) is 3.17. The first-order valence-corrected chi connectivity index (χ1v) is 9.63. The van der Waals surface area contributed by atoms with Crippen LogP contribution >= 0.6 is 0 Å². The van der Waals surface area contributed by atoms with Gasteiger partial charge in [0.25, 0.3) is 0 Å². The average molecular weight is 389 g/mol. The van der Waals surface area contributed by atoms with Gasteiger partial charge in [-0.3, -0.25) is 9.59 Å². The van der Waals surface area contributed by atoms with Crippen LogP contribution < -0.4 is 0 Å². The third-order valence-electron chi connectivity index (χ3n) is 5.76. The molecule has 1 heterocycles. The number of para-hydroxylation sites is 1. The second-order valence-corrected chi connectivity index (χ2v) is 7.29. The average Bonchev–Trinajstić information content (AvgIpc) is 3.18. The number of H-pyrrole nitrogens is 1. The van der Waals surface area contributed by atoms with E-state index in [-0.39, 0.29) is 6.42 Å². The normalized spacial score (nSPS) is 15.6. The Balaban J connectivity index is 1.83. The first kappa shape index (κ1) is 19.0. The van der Waals surface area contributed by atoms with E-state index in [9.17, 15) is 9.59 Å². The number of nitrogens with one attached hydrogen (secondary N) is 1. The highest BCUT2D eigenvalue weighted by molar-refractivity contribution is 6.03. The largest absolute Gasteiger partial charge is 0.468 e. The number of esters is 2. The van der Waals surface area contributed by atoms with Gasteiger partial charge in [-0.05, 0) is 36.5 Å². The van der Waals surface area contributed by atoms with Crippen molar-refractivity contribution in [1.29, 1.82) is 0 Å². The molecule has 148 valence electrons. The Morgan fingerprint density at radius 3 is 2.21 bits per heavy atom.